The maximum absolute atomic E-state index is 12.6. The van der Waals surface area contributed by atoms with Gasteiger partial charge in [0.2, 0.25) is 11.8 Å². The first-order valence-corrected chi connectivity index (χ1v) is 7.93. The molecule has 0 aromatic rings. The average molecular weight is 318 g/mol. The van der Waals surface area contributed by atoms with Gasteiger partial charge in [-0.2, -0.15) is 0 Å². The molecule has 0 saturated carbocycles. The van der Waals surface area contributed by atoms with E-state index in [9.17, 15) is 9.59 Å². The van der Waals surface area contributed by atoms with E-state index in [1.54, 1.807) is 0 Å². The maximum Gasteiger partial charge on any atom is 0.245 e. The van der Waals surface area contributed by atoms with Crippen molar-refractivity contribution in [2.24, 2.45) is 0 Å². The SMILES string of the molecule is CCCC(=O)N1CCCC1C(=O)N1CCC(NC)CC1.Cl. The van der Waals surface area contributed by atoms with Gasteiger partial charge < -0.3 is 15.1 Å². The number of nitrogens with one attached hydrogen (secondary N) is 1. The highest BCUT2D eigenvalue weighted by atomic mass is 35.5. The fraction of sp³-hybridized carbons (Fsp3) is 0.867. The molecule has 0 bridgehead atoms. The van der Waals surface area contributed by atoms with Gasteiger partial charge in [0.15, 0.2) is 0 Å². The molecule has 2 fully saturated rings. The number of carbonyl (C=O) groups is 2. The summed E-state index contributed by atoms with van der Waals surface area (Å²) in [5.41, 5.74) is 0. The third kappa shape index (κ3) is 4.33. The lowest BCUT2D eigenvalue weighted by Crippen LogP contribution is -2.51. The van der Waals surface area contributed by atoms with Gasteiger partial charge in [-0.3, -0.25) is 9.59 Å². The molecule has 2 aliphatic heterocycles. The van der Waals surface area contributed by atoms with Crippen LogP contribution in [0.3, 0.4) is 0 Å². The van der Waals surface area contributed by atoms with Gasteiger partial charge in [0.25, 0.3) is 0 Å². The highest BCUT2D eigenvalue weighted by Gasteiger charge is 2.36. The van der Waals surface area contributed by atoms with E-state index in [4.69, 9.17) is 0 Å². The molecule has 1 atom stereocenters. The Hall–Kier alpha value is -0.810. The molecule has 1 unspecified atom stereocenters. The summed E-state index contributed by atoms with van der Waals surface area (Å²) < 4.78 is 0. The first-order valence-electron chi connectivity index (χ1n) is 7.93. The number of halogens is 1. The van der Waals surface area contributed by atoms with E-state index < -0.39 is 0 Å². The van der Waals surface area contributed by atoms with Crippen LogP contribution in [-0.2, 0) is 9.59 Å². The molecular weight excluding hydrogens is 290 g/mol. The number of amides is 2. The topological polar surface area (TPSA) is 52.7 Å². The van der Waals surface area contributed by atoms with Crippen LogP contribution >= 0.6 is 12.4 Å². The molecule has 21 heavy (non-hydrogen) atoms. The molecular formula is C15H28ClN3O2. The van der Waals surface area contributed by atoms with Crippen LogP contribution in [0.15, 0.2) is 0 Å². The molecule has 0 spiro atoms. The van der Waals surface area contributed by atoms with Crippen LogP contribution in [0.5, 0.6) is 0 Å². The number of hydrogen-bond donors (Lipinski definition) is 1. The summed E-state index contributed by atoms with van der Waals surface area (Å²) >= 11 is 0. The summed E-state index contributed by atoms with van der Waals surface area (Å²) in [6.07, 6.45) is 5.23. The Labute approximate surface area is 133 Å². The second-order valence-corrected chi connectivity index (χ2v) is 5.88. The maximum atomic E-state index is 12.6. The van der Waals surface area contributed by atoms with E-state index in [-0.39, 0.29) is 30.3 Å². The Bertz CT molecular complexity index is 357. The van der Waals surface area contributed by atoms with Gasteiger partial charge in [-0.25, -0.2) is 0 Å². The first kappa shape index (κ1) is 18.2. The van der Waals surface area contributed by atoms with Crippen molar-refractivity contribution in [1.29, 1.82) is 0 Å². The molecule has 6 heteroatoms. The van der Waals surface area contributed by atoms with Gasteiger partial charge in [0, 0.05) is 32.1 Å². The lowest BCUT2D eigenvalue weighted by Gasteiger charge is -2.35. The van der Waals surface area contributed by atoms with Gasteiger partial charge in [0.05, 0.1) is 0 Å². The van der Waals surface area contributed by atoms with Crippen LogP contribution in [0.25, 0.3) is 0 Å². The van der Waals surface area contributed by atoms with E-state index in [0.717, 1.165) is 51.7 Å². The van der Waals surface area contributed by atoms with Gasteiger partial charge in [0.1, 0.15) is 6.04 Å². The number of piperidine rings is 1. The van der Waals surface area contributed by atoms with Crippen LogP contribution in [0.2, 0.25) is 0 Å². The zero-order valence-corrected chi connectivity index (χ0v) is 14.0. The van der Waals surface area contributed by atoms with Crippen molar-refractivity contribution in [3.05, 3.63) is 0 Å². The molecule has 5 nitrogen and oxygen atoms in total. The predicted octanol–water partition coefficient (Wildman–Crippen LogP) is 1.41. The van der Waals surface area contributed by atoms with Crippen LogP contribution in [-0.4, -0.2) is 60.4 Å². The van der Waals surface area contributed by atoms with Crippen molar-refractivity contribution in [3.63, 3.8) is 0 Å². The Kier molecular flexibility index (Phi) is 7.46. The first-order chi connectivity index (χ1) is 9.67. The van der Waals surface area contributed by atoms with Crippen molar-refractivity contribution in [1.82, 2.24) is 15.1 Å². The number of nitrogens with zero attached hydrogens (tertiary/aromatic N) is 2. The van der Waals surface area contributed by atoms with Gasteiger partial charge in [-0.1, -0.05) is 6.92 Å². The van der Waals surface area contributed by atoms with Crippen LogP contribution in [0.4, 0.5) is 0 Å². The highest BCUT2D eigenvalue weighted by Crippen LogP contribution is 2.22. The Morgan fingerprint density at radius 2 is 1.81 bits per heavy atom. The second kappa shape index (κ2) is 8.59. The van der Waals surface area contributed by atoms with Crippen LogP contribution in [0, 0.1) is 0 Å². The van der Waals surface area contributed by atoms with E-state index in [0.29, 0.717) is 12.5 Å². The molecule has 0 aromatic carbocycles. The van der Waals surface area contributed by atoms with E-state index >= 15 is 0 Å². The molecule has 1 N–H and O–H groups in total. The monoisotopic (exact) mass is 317 g/mol. The normalized spacial score (nSPS) is 23.0. The van der Waals surface area contributed by atoms with Gasteiger partial charge in [-0.05, 0) is 39.2 Å². The molecule has 2 aliphatic rings. The summed E-state index contributed by atoms with van der Waals surface area (Å²) in [5.74, 6) is 0.315. The zero-order valence-electron chi connectivity index (χ0n) is 13.1. The Morgan fingerprint density at radius 1 is 1.14 bits per heavy atom. The van der Waals surface area contributed by atoms with Crippen LogP contribution in [0.1, 0.15) is 45.4 Å². The lowest BCUT2D eigenvalue weighted by molar-refractivity contribution is -0.144. The quantitative estimate of drug-likeness (QED) is 0.853. The fourth-order valence-electron chi connectivity index (χ4n) is 3.28. The Balaban J connectivity index is 0.00000220. The summed E-state index contributed by atoms with van der Waals surface area (Å²) in [4.78, 5) is 28.5. The van der Waals surface area contributed by atoms with E-state index in [1.807, 2.05) is 23.8 Å². The van der Waals surface area contributed by atoms with Crippen molar-refractivity contribution >= 4 is 24.2 Å². The number of hydrogen-bond acceptors (Lipinski definition) is 3. The number of likely N-dealkylation sites (tertiary alicyclic amines) is 2. The fourth-order valence-corrected chi connectivity index (χ4v) is 3.28. The molecule has 0 radical (unpaired) electrons. The summed E-state index contributed by atoms with van der Waals surface area (Å²) in [6.45, 7) is 4.39. The molecule has 0 aliphatic carbocycles. The van der Waals surface area contributed by atoms with Gasteiger partial charge in [-0.15, -0.1) is 12.4 Å². The minimum Gasteiger partial charge on any atom is -0.341 e. The predicted molar refractivity (Wildman–Crippen MR) is 85.6 cm³/mol. The zero-order chi connectivity index (χ0) is 14.5. The Morgan fingerprint density at radius 3 is 2.38 bits per heavy atom. The standard InChI is InChI=1S/C15H27N3O2.ClH/c1-3-5-14(19)18-9-4-6-13(18)15(20)17-10-7-12(16-2)8-11-17;/h12-13,16H,3-11H2,1-2H3;1H. The van der Waals surface area contributed by atoms with Crippen molar-refractivity contribution in [2.75, 3.05) is 26.7 Å². The average Bonchev–Trinajstić information content (AvgIpc) is 2.96. The number of carbonyl (C=O) groups excluding carboxylic acids is 2. The van der Waals surface area contributed by atoms with E-state index in [1.165, 1.54) is 0 Å². The summed E-state index contributed by atoms with van der Waals surface area (Å²) in [7, 11) is 1.98. The molecule has 122 valence electrons. The smallest absolute Gasteiger partial charge is 0.245 e. The third-order valence-corrected chi connectivity index (χ3v) is 4.54. The molecule has 0 aromatic heterocycles. The number of rotatable bonds is 4. The van der Waals surface area contributed by atoms with Crippen molar-refractivity contribution in [3.8, 4) is 0 Å². The van der Waals surface area contributed by atoms with Crippen molar-refractivity contribution in [2.45, 2.75) is 57.5 Å². The van der Waals surface area contributed by atoms with Gasteiger partial charge >= 0.3 is 0 Å². The third-order valence-electron chi connectivity index (χ3n) is 4.54. The second-order valence-electron chi connectivity index (χ2n) is 5.88. The molecule has 2 heterocycles. The lowest BCUT2D eigenvalue weighted by atomic mass is 10.0. The minimum absolute atomic E-state index is 0. The largest absolute Gasteiger partial charge is 0.341 e. The minimum atomic E-state index is -0.194. The van der Waals surface area contributed by atoms with Crippen LogP contribution < -0.4 is 5.32 Å². The molecule has 2 saturated heterocycles. The summed E-state index contributed by atoms with van der Waals surface area (Å²) in [6, 6.07) is 0.334. The highest BCUT2D eigenvalue weighted by molar-refractivity contribution is 5.88. The molecule has 2 amide bonds. The van der Waals surface area contributed by atoms with E-state index in [2.05, 4.69) is 5.32 Å². The molecule has 2 rings (SSSR count). The van der Waals surface area contributed by atoms with Crippen molar-refractivity contribution < 1.29 is 9.59 Å². The summed E-state index contributed by atoms with van der Waals surface area (Å²) in [5, 5.41) is 3.27.